The van der Waals surface area contributed by atoms with Crippen LogP contribution in [-0.2, 0) is 0 Å². The highest BCUT2D eigenvalue weighted by molar-refractivity contribution is 6.00. The van der Waals surface area contributed by atoms with Gasteiger partial charge in [0, 0.05) is 5.56 Å². The van der Waals surface area contributed by atoms with E-state index in [1.807, 2.05) is 55.5 Å². The topological polar surface area (TPSA) is 37.3 Å². The normalized spacial score (nSPS) is 12.1. The van der Waals surface area contributed by atoms with Crippen LogP contribution in [0.1, 0.15) is 30.1 Å². The zero-order chi connectivity index (χ0) is 13.7. The quantitative estimate of drug-likeness (QED) is 0.826. The number of aliphatic hydroxyl groups excluding tert-OH is 1. The molecule has 1 atom stereocenters. The average molecular weight is 254 g/mol. The second-order valence-corrected chi connectivity index (χ2v) is 4.62. The van der Waals surface area contributed by atoms with Gasteiger partial charge in [0.15, 0.2) is 5.78 Å². The van der Waals surface area contributed by atoms with Crippen LogP contribution in [0.25, 0.3) is 11.1 Å². The molecule has 1 N–H and O–H groups in total. The summed E-state index contributed by atoms with van der Waals surface area (Å²) in [5.74, 6) is -0.195. The van der Waals surface area contributed by atoms with E-state index in [4.69, 9.17) is 0 Å². The number of carbonyl (C=O) groups is 1. The molecule has 19 heavy (non-hydrogen) atoms. The van der Waals surface area contributed by atoms with Gasteiger partial charge in [-0.3, -0.25) is 4.79 Å². The molecule has 0 aliphatic carbocycles. The maximum atomic E-state index is 12.1. The Morgan fingerprint density at radius 3 is 2.42 bits per heavy atom. The Bertz CT molecular complexity index is 546. The molecule has 98 valence electrons. The molecular weight excluding hydrogens is 236 g/mol. The van der Waals surface area contributed by atoms with E-state index in [0.29, 0.717) is 12.0 Å². The smallest absolute Gasteiger partial charge is 0.191 e. The van der Waals surface area contributed by atoms with Crippen molar-refractivity contribution in [3.8, 4) is 11.1 Å². The first-order valence-electron chi connectivity index (χ1n) is 6.60. The van der Waals surface area contributed by atoms with E-state index in [1.54, 1.807) is 6.07 Å². The minimum absolute atomic E-state index is 0.195. The molecule has 0 spiro atoms. The van der Waals surface area contributed by atoms with Gasteiger partial charge >= 0.3 is 0 Å². The number of Topliss-reactive ketones (excluding diaryl/α,β-unsaturated/α-hetero) is 1. The first-order valence-corrected chi connectivity index (χ1v) is 6.60. The third-order valence-electron chi connectivity index (χ3n) is 3.12. The Kier molecular flexibility index (Phi) is 4.48. The lowest BCUT2D eigenvalue weighted by atomic mass is 9.98. The van der Waals surface area contributed by atoms with Crippen LogP contribution in [0.5, 0.6) is 0 Å². The number of hydrogen-bond donors (Lipinski definition) is 1. The number of benzene rings is 2. The Hall–Kier alpha value is -1.93. The van der Waals surface area contributed by atoms with E-state index >= 15 is 0 Å². The third-order valence-corrected chi connectivity index (χ3v) is 3.12. The Morgan fingerprint density at radius 1 is 1.05 bits per heavy atom. The van der Waals surface area contributed by atoms with E-state index in [9.17, 15) is 9.90 Å². The van der Waals surface area contributed by atoms with Gasteiger partial charge in [0.1, 0.15) is 6.10 Å². The van der Waals surface area contributed by atoms with Crippen LogP contribution in [0.15, 0.2) is 54.6 Å². The molecule has 0 radical (unpaired) electrons. The highest BCUT2D eigenvalue weighted by atomic mass is 16.3. The summed E-state index contributed by atoms with van der Waals surface area (Å²) in [5, 5.41) is 9.78. The predicted octanol–water partition coefficient (Wildman–Crippen LogP) is 3.70. The Balaban J connectivity index is 2.27. The van der Waals surface area contributed by atoms with Crippen molar-refractivity contribution in [1.82, 2.24) is 0 Å². The molecule has 2 heteroatoms. The fourth-order valence-electron chi connectivity index (χ4n) is 2.08. The molecule has 0 bridgehead atoms. The fourth-order valence-corrected chi connectivity index (χ4v) is 2.08. The van der Waals surface area contributed by atoms with E-state index in [-0.39, 0.29) is 5.78 Å². The number of rotatable bonds is 5. The molecular formula is C17H18O2. The number of ketones is 1. The number of carbonyl (C=O) groups excluding carboxylic acids is 1. The first kappa shape index (κ1) is 13.5. The van der Waals surface area contributed by atoms with Gasteiger partial charge in [0.2, 0.25) is 0 Å². The summed E-state index contributed by atoms with van der Waals surface area (Å²) in [5.41, 5.74) is 2.64. The van der Waals surface area contributed by atoms with Crippen molar-refractivity contribution in [1.29, 1.82) is 0 Å². The molecule has 0 aliphatic rings. The highest BCUT2D eigenvalue weighted by Crippen LogP contribution is 2.21. The Morgan fingerprint density at radius 2 is 1.74 bits per heavy atom. The SMILES string of the molecule is CCCC(O)C(=O)c1cccc(-c2ccccc2)c1. The van der Waals surface area contributed by atoms with Gasteiger partial charge in [0.05, 0.1) is 0 Å². The molecule has 2 nitrogen and oxygen atoms in total. The molecule has 1 unspecified atom stereocenters. The lowest BCUT2D eigenvalue weighted by Gasteiger charge is -2.09. The minimum atomic E-state index is -0.893. The van der Waals surface area contributed by atoms with Crippen LogP contribution in [0.4, 0.5) is 0 Å². The zero-order valence-corrected chi connectivity index (χ0v) is 11.0. The van der Waals surface area contributed by atoms with E-state index in [2.05, 4.69) is 0 Å². The van der Waals surface area contributed by atoms with Crippen LogP contribution in [-0.4, -0.2) is 17.0 Å². The van der Waals surface area contributed by atoms with Crippen molar-refractivity contribution in [3.63, 3.8) is 0 Å². The van der Waals surface area contributed by atoms with Crippen molar-refractivity contribution in [3.05, 3.63) is 60.2 Å². The molecule has 0 saturated heterocycles. The second kappa shape index (κ2) is 6.30. The van der Waals surface area contributed by atoms with Gasteiger partial charge in [-0.05, 0) is 23.6 Å². The molecule has 0 saturated carbocycles. The Labute approximate surface area is 113 Å². The van der Waals surface area contributed by atoms with Crippen molar-refractivity contribution in [2.24, 2.45) is 0 Å². The molecule has 0 aliphatic heterocycles. The summed E-state index contributed by atoms with van der Waals surface area (Å²) in [6, 6.07) is 17.3. The van der Waals surface area contributed by atoms with E-state index in [0.717, 1.165) is 17.5 Å². The first-order chi connectivity index (χ1) is 9.22. The van der Waals surface area contributed by atoms with Gasteiger partial charge in [-0.2, -0.15) is 0 Å². The van der Waals surface area contributed by atoms with Crippen LogP contribution in [0.2, 0.25) is 0 Å². The lowest BCUT2D eigenvalue weighted by Crippen LogP contribution is -2.20. The van der Waals surface area contributed by atoms with E-state index in [1.165, 1.54) is 0 Å². The number of hydrogen-bond acceptors (Lipinski definition) is 2. The monoisotopic (exact) mass is 254 g/mol. The van der Waals surface area contributed by atoms with Gasteiger partial charge in [-0.1, -0.05) is 61.9 Å². The molecule has 0 aromatic heterocycles. The zero-order valence-electron chi connectivity index (χ0n) is 11.0. The second-order valence-electron chi connectivity index (χ2n) is 4.62. The van der Waals surface area contributed by atoms with Crippen LogP contribution in [0.3, 0.4) is 0 Å². The van der Waals surface area contributed by atoms with Crippen molar-refractivity contribution in [2.45, 2.75) is 25.9 Å². The number of aliphatic hydroxyl groups is 1. The van der Waals surface area contributed by atoms with Crippen molar-refractivity contribution >= 4 is 5.78 Å². The average Bonchev–Trinajstić information content (AvgIpc) is 2.48. The summed E-state index contributed by atoms with van der Waals surface area (Å²) in [6.07, 6.45) is 0.413. The van der Waals surface area contributed by atoms with Crippen LogP contribution in [0, 0.1) is 0 Å². The lowest BCUT2D eigenvalue weighted by molar-refractivity contribution is 0.0729. The fraction of sp³-hybridized carbons (Fsp3) is 0.235. The molecule has 0 heterocycles. The summed E-state index contributed by atoms with van der Waals surface area (Å²) < 4.78 is 0. The predicted molar refractivity (Wildman–Crippen MR) is 77.1 cm³/mol. The van der Waals surface area contributed by atoms with Gasteiger partial charge in [0.25, 0.3) is 0 Å². The largest absolute Gasteiger partial charge is 0.385 e. The van der Waals surface area contributed by atoms with Gasteiger partial charge in [-0.25, -0.2) is 0 Å². The van der Waals surface area contributed by atoms with Gasteiger partial charge in [-0.15, -0.1) is 0 Å². The maximum Gasteiger partial charge on any atom is 0.191 e. The summed E-state index contributed by atoms with van der Waals surface area (Å²) >= 11 is 0. The molecule has 2 aromatic carbocycles. The molecule has 2 rings (SSSR count). The minimum Gasteiger partial charge on any atom is -0.385 e. The summed E-state index contributed by atoms with van der Waals surface area (Å²) in [4.78, 5) is 12.1. The van der Waals surface area contributed by atoms with E-state index < -0.39 is 6.10 Å². The van der Waals surface area contributed by atoms with Crippen LogP contribution >= 0.6 is 0 Å². The highest BCUT2D eigenvalue weighted by Gasteiger charge is 2.16. The summed E-state index contributed by atoms with van der Waals surface area (Å²) in [7, 11) is 0. The molecule has 2 aromatic rings. The van der Waals surface area contributed by atoms with Crippen molar-refractivity contribution < 1.29 is 9.90 Å². The standard InChI is InChI=1S/C17H18O2/c1-2-7-16(18)17(19)15-11-6-10-14(12-15)13-8-4-3-5-9-13/h3-6,8-12,16,18H,2,7H2,1H3. The third kappa shape index (κ3) is 3.30. The maximum absolute atomic E-state index is 12.1. The summed E-state index contributed by atoms with van der Waals surface area (Å²) in [6.45, 7) is 1.96. The van der Waals surface area contributed by atoms with Crippen molar-refractivity contribution in [2.75, 3.05) is 0 Å². The van der Waals surface area contributed by atoms with Crippen LogP contribution < -0.4 is 0 Å². The van der Waals surface area contributed by atoms with Gasteiger partial charge < -0.3 is 5.11 Å². The molecule has 0 amide bonds. The molecule has 0 fully saturated rings.